The topological polar surface area (TPSA) is 82.1 Å². The number of primary amides is 1. The van der Waals surface area contributed by atoms with E-state index in [0.29, 0.717) is 28.4 Å². The van der Waals surface area contributed by atoms with Crippen LogP contribution >= 0.6 is 0 Å². The van der Waals surface area contributed by atoms with Gasteiger partial charge < -0.3 is 24.8 Å². The third-order valence-corrected chi connectivity index (χ3v) is 5.29. The van der Waals surface area contributed by atoms with E-state index in [2.05, 4.69) is 9.89 Å². The van der Waals surface area contributed by atoms with Gasteiger partial charge in [0.25, 0.3) is 0 Å². The Bertz CT molecular complexity index is 1300. The van der Waals surface area contributed by atoms with Crippen molar-refractivity contribution in [3.05, 3.63) is 65.4 Å². The standard InChI is InChI=1S/C22H18F6N4O3/c1-31-19(14-3-2-4-16-13(14)7-8-32(16)10-18(29)33)30-35-20(31)12-5-6-17(34-11-21(23,24)25)15(9-12)22(26,27)28/h2-9,20H,10-11H2,1H3,(H2,29,33). The molecule has 2 heterocycles. The summed E-state index contributed by atoms with van der Waals surface area (Å²) in [6, 6.07) is 9.64. The minimum Gasteiger partial charge on any atom is -0.483 e. The smallest absolute Gasteiger partial charge is 0.422 e. The Morgan fingerprint density at radius 2 is 1.89 bits per heavy atom. The largest absolute Gasteiger partial charge is 0.483 e. The molecule has 186 valence electrons. The Labute approximate surface area is 194 Å². The predicted molar refractivity (Wildman–Crippen MR) is 112 cm³/mol. The second-order valence-corrected chi connectivity index (χ2v) is 7.79. The molecule has 13 heteroatoms. The van der Waals surface area contributed by atoms with Crippen LogP contribution in [0.15, 0.2) is 53.8 Å². The Morgan fingerprint density at radius 3 is 2.54 bits per heavy atom. The molecule has 0 spiro atoms. The van der Waals surface area contributed by atoms with Gasteiger partial charge in [-0.1, -0.05) is 17.3 Å². The van der Waals surface area contributed by atoms with Gasteiger partial charge in [-0.25, -0.2) is 0 Å². The van der Waals surface area contributed by atoms with E-state index in [1.165, 1.54) is 11.0 Å². The first-order chi connectivity index (χ1) is 16.3. The maximum Gasteiger partial charge on any atom is 0.422 e. The lowest BCUT2D eigenvalue weighted by Gasteiger charge is -2.23. The van der Waals surface area contributed by atoms with E-state index in [4.69, 9.17) is 10.6 Å². The van der Waals surface area contributed by atoms with Gasteiger partial charge in [0.1, 0.15) is 12.3 Å². The summed E-state index contributed by atoms with van der Waals surface area (Å²) in [6.07, 6.45) is -9.17. The number of rotatable bonds is 6. The molecule has 1 atom stereocenters. The van der Waals surface area contributed by atoms with Crippen LogP contribution in [0.25, 0.3) is 10.9 Å². The third kappa shape index (κ3) is 4.98. The van der Waals surface area contributed by atoms with Crippen LogP contribution < -0.4 is 10.5 Å². The number of nitrogens with zero attached hydrogens (tertiary/aromatic N) is 3. The number of carbonyl (C=O) groups is 1. The van der Waals surface area contributed by atoms with E-state index in [1.54, 1.807) is 42.1 Å². The van der Waals surface area contributed by atoms with Crippen molar-refractivity contribution in [3.8, 4) is 5.75 Å². The van der Waals surface area contributed by atoms with Gasteiger partial charge in [-0.2, -0.15) is 26.3 Å². The summed E-state index contributed by atoms with van der Waals surface area (Å²) in [7, 11) is 1.55. The molecule has 7 nitrogen and oxygen atoms in total. The van der Waals surface area contributed by atoms with E-state index in [-0.39, 0.29) is 12.1 Å². The van der Waals surface area contributed by atoms with Crippen LogP contribution in [0.3, 0.4) is 0 Å². The number of aromatic nitrogens is 1. The van der Waals surface area contributed by atoms with Crippen LogP contribution in [0.2, 0.25) is 0 Å². The van der Waals surface area contributed by atoms with Crippen LogP contribution in [-0.2, 0) is 22.4 Å². The molecule has 1 unspecified atom stereocenters. The molecule has 3 aromatic rings. The lowest BCUT2D eigenvalue weighted by molar-refractivity contribution is -0.158. The quantitative estimate of drug-likeness (QED) is 0.509. The highest BCUT2D eigenvalue weighted by molar-refractivity contribution is 6.09. The van der Waals surface area contributed by atoms with Crippen LogP contribution in [0.4, 0.5) is 26.3 Å². The first-order valence-electron chi connectivity index (χ1n) is 10.1. The van der Waals surface area contributed by atoms with Gasteiger partial charge in [-0.3, -0.25) is 4.79 Å². The molecule has 0 bridgehead atoms. The average Bonchev–Trinajstić information content (AvgIpc) is 3.34. The van der Waals surface area contributed by atoms with Crippen LogP contribution in [-0.4, -0.2) is 41.0 Å². The summed E-state index contributed by atoms with van der Waals surface area (Å²) < 4.78 is 84.1. The summed E-state index contributed by atoms with van der Waals surface area (Å²) in [5.41, 5.74) is 5.20. The molecule has 4 rings (SSSR count). The summed E-state index contributed by atoms with van der Waals surface area (Å²) >= 11 is 0. The van der Waals surface area contributed by atoms with Crippen LogP contribution in [0, 0.1) is 0 Å². The van der Waals surface area contributed by atoms with E-state index >= 15 is 0 Å². The SMILES string of the molecule is CN1C(c2cccc3c2ccn3CC(N)=O)=NOC1c1ccc(OCC(F)(F)F)c(C(F)(F)F)c1. The first kappa shape index (κ1) is 24.2. The van der Waals surface area contributed by atoms with Crippen molar-refractivity contribution in [1.82, 2.24) is 9.47 Å². The maximum atomic E-state index is 13.6. The number of halogens is 6. The highest BCUT2D eigenvalue weighted by Gasteiger charge is 2.38. The summed E-state index contributed by atoms with van der Waals surface area (Å²) in [6.45, 7) is -1.90. The first-order valence-corrected chi connectivity index (χ1v) is 10.1. The number of ether oxygens (including phenoxy) is 1. The Morgan fingerprint density at radius 1 is 1.14 bits per heavy atom. The number of fused-ring (bicyclic) bond motifs is 1. The lowest BCUT2D eigenvalue weighted by atomic mass is 10.1. The minimum atomic E-state index is -4.97. The van der Waals surface area contributed by atoms with Crippen molar-refractivity contribution in [2.75, 3.05) is 13.7 Å². The van der Waals surface area contributed by atoms with E-state index < -0.39 is 42.4 Å². The van der Waals surface area contributed by atoms with Gasteiger partial charge >= 0.3 is 12.4 Å². The second-order valence-electron chi connectivity index (χ2n) is 7.79. The number of benzene rings is 2. The number of amidine groups is 1. The van der Waals surface area contributed by atoms with Gasteiger partial charge in [0.05, 0.1) is 5.56 Å². The number of alkyl halides is 6. The molecule has 0 saturated carbocycles. The van der Waals surface area contributed by atoms with Crippen molar-refractivity contribution >= 4 is 22.6 Å². The predicted octanol–water partition coefficient (Wildman–Crippen LogP) is 4.41. The molecule has 1 aliphatic rings. The van der Waals surface area contributed by atoms with Crippen molar-refractivity contribution in [2.24, 2.45) is 10.9 Å². The van der Waals surface area contributed by atoms with Crippen LogP contribution in [0.1, 0.15) is 22.9 Å². The lowest BCUT2D eigenvalue weighted by Crippen LogP contribution is -2.27. The van der Waals surface area contributed by atoms with E-state index in [0.717, 1.165) is 6.07 Å². The van der Waals surface area contributed by atoms with Gasteiger partial charge in [-0.15, -0.1) is 0 Å². The number of oxime groups is 1. The molecule has 0 radical (unpaired) electrons. The van der Waals surface area contributed by atoms with Gasteiger partial charge in [-0.05, 0) is 30.3 Å². The molecule has 0 saturated heterocycles. The van der Waals surface area contributed by atoms with Crippen LogP contribution in [0.5, 0.6) is 5.75 Å². The Balaban J connectivity index is 1.64. The molecule has 2 aromatic carbocycles. The normalized spacial score (nSPS) is 16.4. The highest BCUT2D eigenvalue weighted by Crippen LogP contribution is 2.40. The van der Waals surface area contributed by atoms with Gasteiger partial charge in [0, 0.05) is 35.3 Å². The fourth-order valence-corrected chi connectivity index (χ4v) is 3.80. The van der Waals surface area contributed by atoms with Gasteiger partial charge in [0.15, 0.2) is 12.4 Å². The van der Waals surface area contributed by atoms with Crippen molar-refractivity contribution in [2.45, 2.75) is 25.1 Å². The van der Waals surface area contributed by atoms with Gasteiger partial charge in [0.2, 0.25) is 12.1 Å². The number of nitrogens with two attached hydrogens (primary N) is 1. The summed E-state index contributed by atoms with van der Waals surface area (Å²) in [5, 5.41) is 4.73. The third-order valence-electron chi connectivity index (χ3n) is 5.29. The molecule has 35 heavy (non-hydrogen) atoms. The minimum absolute atomic E-state index is 0.0106. The maximum absolute atomic E-state index is 13.6. The molecule has 2 N–H and O–H groups in total. The Hall–Kier alpha value is -3.90. The highest BCUT2D eigenvalue weighted by atomic mass is 19.4. The monoisotopic (exact) mass is 500 g/mol. The second kappa shape index (κ2) is 8.71. The summed E-state index contributed by atoms with van der Waals surface area (Å²) in [5.74, 6) is -1.17. The molecule has 1 aromatic heterocycles. The van der Waals surface area contributed by atoms with E-state index in [9.17, 15) is 31.1 Å². The van der Waals surface area contributed by atoms with E-state index in [1.807, 2.05) is 0 Å². The molecule has 0 aliphatic carbocycles. The average molecular weight is 500 g/mol. The molecule has 1 amide bonds. The Kier molecular flexibility index (Phi) is 6.03. The number of amides is 1. The van der Waals surface area contributed by atoms with Crippen molar-refractivity contribution < 1.29 is 40.7 Å². The van der Waals surface area contributed by atoms with Crippen molar-refractivity contribution in [3.63, 3.8) is 0 Å². The summed E-state index contributed by atoms with van der Waals surface area (Å²) in [4.78, 5) is 18.2. The fraction of sp³-hybridized carbons (Fsp3) is 0.273. The number of hydrogen-bond donors (Lipinski definition) is 1. The molecule has 1 aliphatic heterocycles. The molecule has 0 fully saturated rings. The molecular formula is C22H18F6N4O3. The molecular weight excluding hydrogens is 482 g/mol. The zero-order valence-electron chi connectivity index (χ0n) is 18.0. The zero-order chi connectivity index (χ0) is 25.5. The zero-order valence-corrected chi connectivity index (χ0v) is 18.0. The number of hydrogen-bond acceptors (Lipinski definition) is 5. The number of carbonyl (C=O) groups excluding carboxylic acids is 1. The van der Waals surface area contributed by atoms with Crippen molar-refractivity contribution in [1.29, 1.82) is 0 Å². The fourth-order valence-electron chi connectivity index (χ4n) is 3.80.